The molecule has 116 valence electrons. The van der Waals surface area contributed by atoms with E-state index in [0.717, 1.165) is 12.1 Å². The van der Waals surface area contributed by atoms with Crippen LogP contribution in [-0.2, 0) is 0 Å². The second-order valence-electron chi connectivity index (χ2n) is 4.97. The molecule has 0 amide bonds. The summed E-state index contributed by atoms with van der Waals surface area (Å²) in [5, 5.41) is 0.918. The highest BCUT2D eigenvalue weighted by Gasteiger charge is 2.81. The van der Waals surface area contributed by atoms with Gasteiger partial charge in [-0.2, -0.15) is 26.3 Å². The van der Waals surface area contributed by atoms with Crippen LogP contribution in [0.3, 0.4) is 0 Å². The molecule has 0 N–H and O–H groups in total. The SMILES string of the molecule is FC1=C(c2ccc3ccccc3c2)C(F)(F)C(F)(F)C1(F)F. The van der Waals surface area contributed by atoms with Crippen molar-refractivity contribution in [2.24, 2.45) is 0 Å². The minimum atomic E-state index is -5.81. The average molecular weight is 320 g/mol. The zero-order chi connectivity index (χ0) is 16.3. The second-order valence-corrected chi connectivity index (χ2v) is 4.97. The lowest BCUT2D eigenvalue weighted by Crippen LogP contribution is -2.48. The lowest BCUT2D eigenvalue weighted by atomic mass is 9.98. The highest BCUT2D eigenvalue weighted by Crippen LogP contribution is 2.62. The first-order chi connectivity index (χ1) is 10.1. The van der Waals surface area contributed by atoms with E-state index in [1.807, 2.05) is 0 Å². The molecular weight excluding hydrogens is 313 g/mol. The third-order valence-electron chi connectivity index (χ3n) is 3.64. The van der Waals surface area contributed by atoms with E-state index in [1.165, 1.54) is 12.1 Å². The van der Waals surface area contributed by atoms with E-state index in [9.17, 15) is 30.7 Å². The molecule has 0 heterocycles. The molecule has 1 aliphatic rings. The predicted octanol–water partition coefficient (Wildman–Crippen LogP) is 5.44. The van der Waals surface area contributed by atoms with Crippen LogP contribution in [0.5, 0.6) is 0 Å². The largest absolute Gasteiger partial charge is 0.383 e. The van der Waals surface area contributed by atoms with Crippen molar-refractivity contribution < 1.29 is 30.7 Å². The number of halogens is 7. The molecule has 0 radical (unpaired) electrons. The molecule has 3 rings (SSSR count). The average Bonchev–Trinajstić information content (AvgIpc) is 2.54. The summed E-state index contributed by atoms with van der Waals surface area (Å²) in [6.07, 6.45) is 0. The van der Waals surface area contributed by atoms with Gasteiger partial charge >= 0.3 is 17.8 Å². The fourth-order valence-electron chi connectivity index (χ4n) is 2.44. The van der Waals surface area contributed by atoms with Crippen LogP contribution >= 0.6 is 0 Å². The Balaban J connectivity index is 2.27. The number of rotatable bonds is 1. The van der Waals surface area contributed by atoms with Gasteiger partial charge in [0, 0.05) is 0 Å². The molecule has 0 aliphatic heterocycles. The quantitative estimate of drug-likeness (QED) is 0.614. The van der Waals surface area contributed by atoms with Crippen LogP contribution in [0.25, 0.3) is 16.3 Å². The van der Waals surface area contributed by atoms with Crippen molar-refractivity contribution in [3.63, 3.8) is 0 Å². The maximum atomic E-state index is 13.7. The summed E-state index contributed by atoms with van der Waals surface area (Å²) in [5.74, 6) is -19.5. The van der Waals surface area contributed by atoms with Crippen LogP contribution in [0.1, 0.15) is 5.56 Å². The first-order valence-corrected chi connectivity index (χ1v) is 6.14. The van der Waals surface area contributed by atoms with E-state index in [2.05, 4.69) is 0 Å². The van der Waals surface area contributed by atoms with E-state index in [1.54, 1.807) is 18.2 Å². The first-order valence-electron chi connectivity index (χ1n) is 6.14. The Hall–Kier alpha value is -2.05. The van der Waals surface area contributed by atoms with Crippen molar-refractivity contribution >= 4 is 16.3 Å². The van der Waals surface area contributed by atoms with Gasteiger partial charge in [0.05, 0.1) is 5.57 Å². The number of alkyl halides is 6. The monoisotopic (exact) mass is 320 g/mol. The molecule has 0 unspecified atom stereocenters. The van der Waals surface area contributed by atoms with Crippen molar-refractivity contribution in [1.29, 1.82) is 0 Å². The Morgan fingerprint density at radius 1 is 0.682 bits per heavy atom. The van der Waals surface area contributed by atoms with Gasteiger partial charge in [-0.05, 0) is 22.4 Å². The molecule has 7 heteroatoms. The lowest BCUT2D eigenvalue weighted by Gasteiger charge is -2.24. The van der Waals surface area contributed by atoms with Crippen molar-refractivity contribution in [2.45, 2.75) is 17.8 Å². The molecule has 22 heavy (non-hydrogen) atoms. The fraction of sp³-hybridized carbons (Fsp3) is 0.200. The van der Waals surface area contributed by atoms with Gasteiger partial charge in [0.2, 0.25) is 0 Å². The molecule has 0 spiro atoms. The highest BCUT2D eigenvalue weighted by atomic mass is 19.3. The maximum Gasteiger partial charge on any atom is 0.383 e. The molecule has 0 aromatic heterocycles. The van der Waals surface area contributed by atoms with Gasteiger partial charge in [0.25, 0.3) is 0 Å². The first kappa shape index (κ1) is 14.9. The van der Waals surface area contributed by atoms with Gasteiger partial charge in [-0.1, -0.05) is 36.4 Å². The zero-order valence-electron chi connectivity index (χ0n) is 10.7. The van der Waals surface area contributed by atoms with E-state index >= 15 is 0 Å². The van der Waals surface area contributed by atoms with E-state index in [-0.39, 0.29) is 0 Å². The number of hydrogen-bond donors (Lipinski definition) is 0. The van der Waals surface area contributed by atoms with Crippen LogP contribution in [0, 0.1) is 0 Å². The maximum absolute atomic E-state index is 13.7. The summed E-state index contributed by atoms with van der Waals surface area (Å²) in [5.41, 5.74) is -2.66. The molecule has 0 bridgehead atoms. The molecule has 0 nitrogen and oxygen atoms in total. The third-order valence-corrected chi connectivity index (χ3v) is 3.64. The van der Waals surface area contributed by atoms with Crippen LogP contribution < -0.4 is 0 Å². The fourth-order valence-corrected chi connectivity index (χ4v) is 2.44. The Morgan fingerprint density at radius 3 is 1.82 bits per heavy atom. The molecular formula is C15H7F7. The Morgan fingerprint density at radius 2 is 1.27 bits per heavy atom. The molecule has 2 aromatic carbocycles. The summed E-state index contributed by atoms with van der Waals surface area (Å²) in [4.78, 5) is 0. The van der Waals surface area contributed by atoms with Crippen molar-refractivity contribution in [1.82, 2.24) is 0 Å². The molecule has 1 aliphatic carbocycles. The van der Waals surface area contributed by atoms with Gasteiger partial charge in [0.1, 0.15) is 0 Å². The van der Waals surface area contributed by atoms with Gasteiger partial charge < -0.3 is 0 Å². The van der Waals surface area contributed by atoms with Gasteiger partial charge in [0.15, 0.2) is 5.83 Å². The van der Waals surface area contributed by atoms with Gasteiger partial charge in [-0.3, -0.25) is 0 Å². The number of benzene rings is 2. The normalized spacial score (nSPS) is 22.3. The lowest BCUT2D eigenvalue weighted by molar-refractivity contribution is -0.263. The second kappa shape index (κ2) is 4.24. The zero-order valence-corrected chi connectivity index (χ0v) is 10.7. The predicted molar refractivity (Wildman–Crippen MR) is 66.8 cm³/mol. The molecule has 0 saturated carbocycles. The Kier molecular flexibility index (Phi) is 2.87. The number of allylic oxidation sites excluding steroid dienone is 2. The Labute approximate surface area is 119 Å². The minimum Gasteiger partial charge on any atom is -0.204 e. The van der Waals surface area contributed by atoms with Crippen LogP contribution in [0.15, 0.2) is 48.3 Å². The molecule has 0 atom stereocenters. The summed E-state index contributed by atoms with van der Waals surface area (Å²) in [6.45, 7) is 0. The van der Waals surface area contributed by atoms with Gasteiger partial charge in [-0.25, -0.2) is 4.39 Å². The van der Waals surface area contributed by atoms with Crippen LogP contribution in [-0.4, -0.2) is 17.8 Å². The third kappa shape index (κ3) is 1.65. The summed E-state index contributed by atoms with van der Waals surface area (Å²) >= 11 is 0. The van der Waals surface area contributed by atoms with Crippen molar-refractivity contribution in [2.75, 3.05) is 0 Å². The topological polar surface area (TPSA) is 0 Å². The van der Waals surface area contributed by atoms with Crippen molar-refractivity contribution in [3.8, 4) is 0 Å². The van der Waals surface area contributed by atoms with Crippen molar-refractivity contribution in [3.05, 3.63) is 53.9 Å². The van der Waals surface area contributed by atoms with E-state index in [4.69, 9.17) is 0 Å². The standard InChI is InChI=1S/C15H7F7/c16-12-11(13(17,18)15(21,22)14(12,19)20)10-6-5-8-3-1-2-4-9(8)7-10/h1-7H. The molecule has 2 aromatic rings. The number of hydrogen-bond acceptors (Lipinski definition) is 0. The Bertz CT molecular complexity index is 789. The van der Waals surface area contributed by atoms with Crippen LogP contribution in [0.4, 0.5) is 30.7 Å². The number of fused-ring (bicyclic) bond motifs is 1. The van der Waals surface area contributed by atoms with Crippen LogP contribution in [0.2, 0.25) is 0 Å². The van der Waals surface area contributed by atoms with E-state index in [0.29, 0.717) is 10.8 Å². The highest BCUT2D eigenvalue weighted by molar-refractivity contribution is 5.89. The summed E-state index contributed by atoms with van der Waals surface area (Å²) in [7, 11) is 0. The minimum absolute atomic E-state index is 0.342. The molecule has 0 fully saturated rings. The smallest absolute Gasteiger partial charge is 0.204 e. The molecule has 0 saturated heterocycles. The van der Waals surface area contributed by atoms with Gasteiger partial charge in [-0.15, -0.1) is 0 Å². The summed E-state index contributed by atoms with van der Waals surface area (Å²) < 4.78 is 93.8. The summed E-state index contributed by atoms with van der Waals surface area (Å²) in [6, 6.07) is 9.45. The van der Waals surface area contributed by atoms with E-state index < -0.39 is 34.7 Å².